The number of non-ortho nitro benzene ring substituents is 1. The van der Waals surface area contributed by atoms with Crippen molar-refractivity contribution in [2.45, 2.75) is 5.33 Å². The van der Waals surface area contributed by atoms with E-state index < -0.39 is 4.92 Å². The molecule has 0 bridgehead atoms. The number of nitro benzene ring substituents is 1. The number of nitrogens with one attached hydrogen (secondary N) is 1. The third-order valence-corrected chi connectivity index (χ3v) is 2.59. The van der Waals surface area contributed by atoms with Gasteiger partial charge in [-0.3, -0.25) is 10.1 Å². The van der Waals surface area contributed by atoms with Gasteiger partial charge in [-0.25, -0.2) is 4.98 Å². The topological polar surface area (TPSA) is 71.8 Å². The van der Waals surface area contributed by atoms with Crippen LogP contribution in [0.3, 0.4) is 0 Å². The fraction of sp³-hybridized carbons (Fsp3) is 0.125. The Balaban J connectivity index is 2.78. The molecule has 0 aliphatic carbocycles. The van der Waals surface area contributed by atoms with Crippen molar-refractivity contribution in [1.29, 1.82) is 0 Å². The summed E-state index contributed by atoms with van der Waals surface area (Å²) in [6.07, 6.45) is 1.46. The summed E-state index contributed by atoms with van der Waals surface area (Å²) < 4.78 is 0. The molecule has 1 heterocycles. The van der Waals surface area contributed by atoms with Crippen molar-refractivity contribution in [2.24, 2.45) is 0 Å². The highest BCUT2D eigenvalue weighted by Crippen LogP contribution is 2.26. The third-order valence-electron chi connectivity index (χ3n) is 1.99. The Labute approximate surface area is 87.4 Å². The van der Waals surface area contributed by atoms with E-state index in [1.54, 1.807) is 6.07 Å². The van der Waals surface area contributed by atoms with Crippen LogP contribution in [0, 0.1) is 10.1 Å². The third kappa shape index (κ3) is 1.27. The first-order valence-electron chi connectivity index (χ1n) is 3.89. The maximum atomic E-state index is 10.7. The number of benzene rings is 1. The van der Waals surface area contributed by atoms with E-state index >= 15 is 0 Å². The van der Waals surface area contributed by atoms with Gasteiger partial charge in [-0.2, -0.15) is 0 Å². The van der Waals surface area contributed by atoms with E-state index in [4.69, 9.17) is 0 Å². The lowest BCUT2D eigenvalue weighted by atomic mass is 10.2. The molecule has 6 heteroatoms. The van der Waals surface area contributed by atoms with Crippen molar-refractivity contribution >= 4 is 32.7 Å². The van der Waals surface area contributed by atoms with Crippen LogP contribution in [0.15, 0.2) is 18.5 Å². The van der Waals surface area contributed by atoms with Gasteiger partial charge in [0.2, 0.25) is 0 Å². The van der Waals surface area contributed by atoms with Gasteiger partial charge in [0.1, 0.15) is 0 Å². The van der Waals surface area contributed by atoms with Crippen LogP contribution >= 0.6 is 15.9 Å². The molecule has 72 valence electrons. The number of halogens is 1. The van der Waals surface area contributed by atoms with E-state index in [0.29, 0.717) is 10.8 Å². The van der Waals surface area contributed by atoms with Gasteiger partial charge < -0.3 is 4.98 Å². The van der Waals surface area contributed by atoms with Gasteiger partial charge >= 0.3 is 0 Å². The Morgan fingerprint density at radius 2 is 2.36 bits per heavy atom. The number of hydrogen-bond donors (Lipinski definition) is 1. The molecule has 0 aliphatic rings. The van der Waals surface area contributed by atoms with Crippen LogP contribution in [-0.4, -0.2) is 14.9 Å². The first kappa shape index (κ1) is 9.14. The van der Waals surface area contributed by atoms with Crippen molar-refractivity contribution in [3.63, 3.8) is 0 Å². The Bertz CT molecular complexity index is 494. The van der Waals surface area contributed by atoms with Crippen LogP contribution in [0.25, 0.3) is 11.0 Å². The maximum Gasteiger partial charge on any atom is 0.297 e. The Morgan fingerprint density at radius 1 is 1.57 bits per heavy atom. The quantitative estimate of drug-likeness (QED) is 0.509. The maximum absolute atomic E-state index is 10.7. The van der Waals surface area contributed by atoms with Gasteiger partial charge in [0, 0.05) is 11.4 Å². The van der Waals surface area contributed by atoms with E-state index in [1.165, 1.54) is 12.4 Å². The Kier molecular flexibility index (Phi) is 2.20. The van der Waals surface area contributed by atoms with Crippen LogP contribution in [0.2, 0.25) is 0 Å². The first-order valence-corrected chi connectivity index (χ1v) is 5.01. The van der Waals surface area contributed by atoms with Crippen molar-refractivity contribution in [2.75, 3.05) is 0 Å². The molecule has 0 saturated heterocycles. The van der Waals surface area contributed by atoms with Crippen LogP contribution in [0.5, 0.6) is 0 Å². The second kappa shape index (κ2) is 3.38. The Hall–Kier alpha value is -1.43. The van der Waals surface area contributed by atoms with Crippen molar-refractivity contribution < 1.29 is 4.92 Å². The number of nitrogens with zero attached hydrogens (tertiary/aromatic N) is 2. The van der Waals surface area contributed by atoms with Crippen LogP contribution < -0.4 is 0 Å². The summed E-state index contributed by atoms with van der Waals surface area (Å²) in [6.45, 7) is 0. The van der Waals surface area contributed by atoms with E-state index in [9.17, 15) is 10.1 Å². The first-order chi connectivity index (χ1) is 6.74. The highest BCUT2D eigenvalue weighted by Gasteiger charge is 2.15. The number of alkyl halides is 1. The van der Waals surface area contributed by atoms with Gasteiger partial charge in [0.05, 0.1) is 16.8 Å². The highest BCUT2D eigenvalue weighted by atomic mass is 79.9. The predicted molar refractivity (Wildman–Crippen MR) is 55.4 cm³/mol. The summed E-state index contributed by atoms with van der Waals surface area (Å²) in [7, 11) is 0. The second-order valence-electron chi connectivity index (χ2n) is 2.76. The fourth-order valence-electron chi connectivity index (χ4n) is 1.33. The monoisotopic (exact) mass is 255 g/mol. The largest absolute Gasteiger partial charge is 0.344 e. The van der Waals surface area contributed by atoms with Crippen LogP contribution in [0.4, 0.5) is 5.69 Å². The molecule has 1 aromatic heterocycles. The summed E-state index contributed by atoms with van der Waals surface area (Å²) in [6, 6.07) is 3.19. The van der Waals surface area contributed by atoms with Gasteiger partial charge in [0.15, 0.2) is 5.52 Å². The van der Waals surface area contributed by atoms with Crippen molar-refractivity contribution in [3.05, 3.63) is 34.1 Å². The van der Waals surface area contributed by atoms with Gasteiger partial charge in [0.25, 0.3) is 5.69 Å². The van der Waals surface area contributed by atoms with Gasteiger partial charge in [-0.15, -0.1) is 0 Å². The zero-order valence-electron chi connectivity index (χ0n) is 7.03. The van der Waals surface area contributed by atoms with Gasteiger partial charge in [-0.1, -0.05) is 15.9 Å². The zero-order valence-corrected chi connectivity index (χ0v) is 8.61. The smallest absolute Gasteiger partial charge is 0.297 e. The minimum absolute atomic E-state index is 0.0333. The molecule has 0 saturated carbocycles. The average molecular weight is 256 g/mol. The standard InChI is InChI=1S/C8H6BrN3O2/c9-3-5-1-2-6(12(13)14)8-7(5)10-4-11-8/h1-2,4H,3H2,(H,10,11). The lowest BCUT2D eigenvalue weighted by Gasteiger charge is -1.97. The number of aromatic amines is 1. The normalized spacial score (nSPS) is 10.6. The second-order valence-corrected chi connectivity index (χ2v) is 3.32. The molecular weight excluding hydrogens is 250 g/mol. The molecule has 5 nitrogen and oxygen atoms in total. The van der Waals surface area contributed by atoms with Crippen molar-refractivity contribution in [1.82, 2.24) is 9.97 Å². The zero-order chi connectivity index (χ0) is 10.1. The Morgan fingerprint density at radius 3 is 3.00 bits per heavy atom. The minimum atomic E-state index is -0.429. The van der Waals surface area contributed by atoms with E-state index in [-0.39, 0.29) is 5.69 Å². The molecular formula is C8H6BrN3O2. The molecule has 0 fully saturated rings. The number of rotatable bonds is 2. The molecule has 0 spiro atoms. The van der Waals surface area contributed by atoms with Crippen LogP contribution in [0.1, 0.15) is 5.56 Å². The molecule has 1 N–H and O–H groups in total. The number of imidazole rings is 1. The molecule has 0 radical (unpaired) electrons. The van der Waals surface area contributed by atoms with E-state index in [0.717, 1.165) is 11.1 Å². The minimum Gasteiger partial charge on any atom is -0.344 e. The number of aromatic nitrogens is 2. The summed E-state index contributed by atoms with van der Waals surface area (Å²) in [5.74, 6) is 0. The lowest BCUT2D eigenvalue weighted by Crippen LogP contribution is -1.91. The van der Waals surface area contributed by atoms with Crippen LogP contribution in [-0.2, 0) is 5.33 Å². The number of H-pyrrole nitrogens is 1. The number of fused-ring (bicyclic) bond motifs is 1. The summed E-state index contributed by atoms with van der Waals surface area (Å²) >= 11 is 3.31. The molecule has 0 amide bonds. The van der Waals surface area contributed by atoms with E-state index in [1.807, 2.05) is 0 Å². The number of nitro groups is 1. The molecule has 0 unspecified atom stereocenters. The van der Waals surface area contributed by atoms with E-state index in [2.05, 4.69) is 25.9 Å². The SMILES string of the molecule is O=[N+]([O-])c1ccc(CBr)c2[nH]cnc12. The molecule has 0 aliphatic heterocycles. The van der Waals surface area contributed by atoms with Crippen molar-refractivity contribution in [3.8, 4) is 0 Å². The molecule has 2 rings (SSSR count). The highest BCUT2D eigenvalue weighted by molar-refractivity contribution is 9.08. The summed E-state index contributed by atoms with van der Waals surface area (Å²) in [5, 5.41) is 11.3. The summed E-state index contributed by atoms with van der Waals surface area (Å²) in [4.78, 5) is 17.0. The predicted octanol–water partition coefficient (Wildman–Crippen LogP) is 2.37. The fourth-order valence-corrected chi connectivity index (χ4v) is 1.80. The summed E-state index contributed by atoms with van der Waals surface area (Å²) in [5.41, 5.74) is 2.12. The molecule has 0 atom stereocenters. The molecule has 14 heavy (non-hydrogen) atoms. The lowest BCUT2D eigenvalue weighted by molar-refractivity contribution is -0.383. The molecule has 2 aromatic rings. The average Bonchev–Trinajstić information content (AvgIpc) is 2.64. The molecule has 1 aromatic carbocycles. The number of hydrogen-bond acceptors (Lipinski definition) is 3. The van der Waals surface area contributed by atoms with Gasteiger partial charge in [-0.05, 0) is 11.6 Å².